The normalized spacial score (nSPS) is 11.0. The summed E-state index contributed by atoms with van der Waals surface area (Å²) < 4.78 is 0. The maximum atomic E-state index is 12.1. The first kappa shape index (κ1) is 15.4. The van der Waals surface area contributed by atoms with Crippen molar-refractivity contribution in [2.24, 2.45) is 10.3 Å². The third-order valence-electron chi connectivity index (χ3n) is 3.08. The SMILES string of the molecule is Cc1ccccc1C(=O)NN=C(CN=O)c1cccc(O)c1. The van der Waals surface area contributed by atoms with Gasteiger partial charge < -0.3 is 5.11 Å². The minimum Gasteiger partial charge on any atom is -0.508 e. The van der Waals surface area contributed by atoms with E-state index in [0.29, 0.717) is 11.1 Å². The molecule has 0 unspecified atom stereocenters. The fourth-order valence-electron chi connectivity index (χ4n) is 1.94. The lowest BCUT2D eigenvalue weighted by Crippen LogP contribution is -2.22. The number of hydrogen-bond acceptors (Lipinski definition) is 5. The predicted molar refractivity (Wildman–Crippen MR) is 84.0 cm³/mol. The van der Waals surface area contributed by atoms with Crippen molar-refractivity contribution in [3.8, 4) is 5.75 Å². The van der Waals surface area contributed by atoms with Crippen molar-refractivity contribution in [3.63, 3.8) is 0 Å². The Morgan fingerprint density at radius 1 is 1.18 bits per heavy atom. The summed E-state index contributed by atoms with van der Waals surface area (Å²) in [7, 11) is 0. The molecule has 0 heterocycles. The molecule has 0 aliphatic heterocycles. The summed E-state index contributed by atoms with van der Waals surface area (Å²) >= 11 is 0. The molecule has 6 nitrogen and oxygen atoms in total. The van der Waals surface area contributed by atoms with Crippen LogP contribution in [-0.4, -0.2) is 23.3 Å². The van der Waals surface area contributed by atoms with Crippen LogP contribution in [0.4, 0.5) is 0 Å². The molecule has 1 amide bonds. The van der Waals surface area contributed by atoms with E-state index in [2.05, 4.69) is 15.7 Å². The number of aromatic hydroxyl groups is 1. The van der Waals surface area contributed by atoms with Gasteiger partial charge in [0, 0.05) is 11.1 Å². The molecule has 0 atom stereocenters. The molecule has 0 radical (unpaired) electrons. The van der Waals surface area contributed by atoms with E-state index in [0.717, 1.165) is 5.56 Å². The minimum atomic E-state index is -0.373. The second kappa shape index (κ2) is 7.12. The molecule has 2 N–H and O–H groups in total. The average molecular weight is 297 g/mol. The third kappa shape index (κ3) is 3.76. The van der Waals surface area contributed by atoms with Crippen LogP contribution in [-0.2, 0) is 0 Å². The summed E-state index contributed by atoms with van der Waals surface area (Å²) in [5, 5.41) is 16.2. The first-order chi connectivity index (χ1) is 10.6. The first-order valence-electron chi connectivity index (χ1n) is 6.63. The van der Waals surface area contributed by atoms with Gasteiger partial charge in [-0.25, -0.2) is 5.43 Å². The monoisotopic (exact) mass is 297 g/mol. The van der Waals surface area contributed by atoms with Gasteiger partial charge in [-0.1, -0.05) is 35.5 Å². The fourth-order valence-corrected chi connectivity index (χ4v) is 1.94. The second-order valence-corrected chi connectivity index (χ2v) is 4.65. The minimum absolute atomic E-state index is 0.0429. The molecular formula is C16H15N3O3. The van der Waals surface area contributed by atoms with Crippen LogP contribution in [0.2, 0.25) is 0 Å². The lowest BCUT2D eigenvalue weighted by Gasteiger charge is -2.06. The molecule has 112 valence electrons. The van der Waals surface area contributed by atoms with Gasteiger partial charge in [-0.05, 0) is 30.7 Å². The number of rotatable bonds is 5. The van der Waals surface area contributed by atoms with Crippen molar-refractivity contribution in [2.75, 3.05) is 6.54 Å². The summed E-state index contributed by atoms with van der Waals surface area (Å²) in [5.41, 5.74) is 4.52. The van der Waals surface area contributed by atoms with Gasteiger partial charge in [0.1, 0.15) is 12.3 Å². The summed E-state index contributed by atoms with van der Waals surface area (Å²) in [6.07, 6.45) is 0. The highest BCUT2D eigenvalue weighted by Crippen LogP contribution is 2.12. The van der Waals surface area contributed by atoms with Crippen molar-refractivity contribution in [1.29, 1.82) is 0 Å². The van der Waals surface area contributed by atoms with Gasteiger partial charge >= 0.3 is 0 Å². The van der Waals surface area contributed by atoms with Crippen LogP contribution in [0.25, 0.3) is 0 Å². The molecule has 0 fully saturated rings. The van der Waals surface area contributed by atoms with Crippen LogP contribution >= 0.6 is 0 Å². The Morgan fingerprint density at radius 3 is 2.64 bits per heavy atom. The smallest absolute Gasteiger partial charge is 0.271 e. The number of nitroso groups, excluding NO2 is 1. The summed E-state index contributed by atoms with van der Waals surface area (Å²) in [6.45, 7) is 1.61. The third-order valence-corrected chi connectivity index (χ3v) is 3.08. The Kier molecular flexibility index (Phi) is 4.98. The zero-order valence-electron chi connectivity index (χ0n) is 12.0. The zero-order chi connectivity index (χ0) is 15.9. The predicted octanol–water partition coefficient (Wildman–Crippen LogP) is 2.60. The molecule has 0 saturated heterocycles. The number of phenols is 1. The molecule has 22 heavy (non-hydrogen) atoms. The van der Waals surface area contributed by atoms with Crippen LogP contribution in [0, 0.1) is 11.8 Å². The van der Waals surface area contributed by atoms with Crippen molar-refractivity contribution >= 4 is 11.6 Å². The molecule has 0 aliphatic rings. The van der Waals surface area contributed by atoms with E-state index in [9.17, 15) is 14.8 Å². The Balaban J connectivity index is 2.22. The Morgan fingerprint density at radius 2 is 1.95 bits per heavy atom. The maximum Gasteiger partial charge on any atom is 0.271 e. The average Bonchev–Trinajstić information content (AvgIpc) is 2.51. The number of hydrazone groups is 1. The molecule has 2 aromatic rings. The topological polar surface area (TPSA) is 91.1 Å². The Hall–Kier alpha value is -3.02. The van der Waals surface area contributed by atoms with E-state index < -0.39 is 0 Å². The standard InChI is InChI=1S/C16H15N3O3/c1-11-5-2-3-8-14(11)16(21)19-18-15(10-17-22)12-6-4-7-13(20)9-12/h2-9,20H,10H2,1H3,(H,19,21). The molecule has 0 saturated carbocycles. The van der Waals surface area contributed by atoms with Gasteiger partial charge in [0.15, 0.2) is 0 Å². The van der Waals surface area contributed by atoms with Gasteiger partial charge in [0.25, 0.3) is 5.91 Å². The van der Waals surface area contributed by atoms with E-state index in [1.165, 1.54) is 12.1 Å². The molecule has 0 bridgehead atoms. The van der Waals surface area contributed by atoms with Crippen molar-refractivity contribution in [2.45, 2.75) is 6.92 Å². The number of hydrogen-bond donors (Lipinski definition) is 2. The Labute approximate surface area is 127 Å². The van der Waals surface area contributed by atoms with E-state index in [1.807, 2.05) is 19.1 Å². The van der Waals surface area contributed by atoms with Crippen molar-refractivity contribution in [1.82, 2.24) is 5.43 Å². The van der Waals surface area contributed by atoms with Crippen molar-refractivity contribution in [3.05, 3.63) is 70.1 Å². The van der Waals surface area contributed by atoms with Gasteiger partial charge in [0.2, 0.25) is 0 Å². The van der Waals surface area contributed by atoms with E-state index in [1.54, 1.807) is 24.3 Å². The molecule has 0 aromatic heterocycles. The highest BCUT2D eigenvalue weighted by Gasteiger charge is 2.09. The fraction of sp³-hybridized carbons (Fsp3) is 0.125. The number of phenolic OH excluding ortho intramolecular Hbond substituents is 1. The number of aryl methyl sites for hydroxylation is 1. The van der Waals surface area contributed by atoms with Crippen LogP contribution < -0.4 is 5.43 Å². The second-order valence-electron chi connectivity index (χ2n) is 4.65. The number of nitrogens with zero attached hydrogens (tertiary/aromatic N) is 2. The lowest BCUT2D eigenvalue weighted by atomic mass is 10.1. The number of nitrogens with one attached hydrogen (secondary N) is 1. The molecular weight excluding hydrogens is 282 g/mol. The van der Waals surface area contributed by atoms with Gasteiger partial charge in [-0.15, -0.1) is 0 Å². The van der Waals surface area contributed by atoms with E-state index in [4.69, 9.17) is 0 Å². The van der Waals surface area contributed by atoms with Gasteiger partial charge in [-0.3, -0.25) is 4.79 Å². The number of benzene rings is 2. The summed E-state index contributed by atoms with van der Waals surface area (Å²) in [4.78, 5) is 22.6. The summed E-state index contributed by atoms with van der Waals surface area (Å²) in [6, 6.07) is 13.3. The number of carbonyl (C=O) groups is 1. The number of amides is 1. The van der Waals surface area contributed by atoms with Crippen molar-refractivity contribution < 1.29 is 9.90 Å². The maximum absolute atomic E-state index is 12.1. The molecule has 2 rings (SSSR count). The molecule has 6 heteroatoms. The summed E-state index contributed by atoms with van der Waals surface area (Å²) in [5.74, 6) is -0.331. The van der Waals surface area contributed by atoms with Crippen LogP contribution in [0.3, 0.4) is 0 Å². The number of carbonyl (C=O) groups excluding carboxylic acids is 1. The molecule has 0 spiro atoms. The Bertz CT molecular complexity index is 726. The highest BCUT2D eigenvalue weighted by atomic mass is 16.3. The molecule has 0 aliphatic carbocycles. The van der Waals surface area contributed by atoms with Gasteiger partial charge in [0.05, 0.1) is 5.71 Å². The van der Waals surface area contributed by atoms with Crippen LogP contribution in [0.15, 0.2) is 58.8 Å². The molecule has 2 aromatic carbocycles. The largest absolute Gasteiger partial charge is 0.508 e. The van der Waals surface area contributed by atoms with E-state index >= 15 is 0 Å². The van der Waals surface area contributed by atoms with Gasteiger partial charge in [-0.2, -0.15) is 10.0 Å². The zero-order valence-corrected chi connectivity index (χ0v) is 12.0. The highest BCUT2D eigenvalue weighted by molar-refractivity contribution is 6.04. The first-order valence-corrected chi connectivity index (χ1v) is 6.63. The lowest BCUT2D eigenvalue weighted by molar-refractivity contribution is 0.0954. The van der Waals surface area contributed by atoms with Crippen LogP contribution in [0.5, 0.6) is 5.75 Å². The quantitative estimate of drug-likeness (QED) is 0.505. The van der Waals surface area contributed by atoms with Crippen LogP contribution in [0.1, 0.15) is 21.5 Å². The van der Waals surface area contributed by atoms with E-state index in [-0.39, 0.29) is 23.9 Å².